The summed E-state index contributed by atoms with van der Waals surface area (Å²) >= 11 is -2.61. The molecule has 1 rings (SSSR count). The number of isocyanates is 1. The minimum atomic E-state index is -2.61. The predicted octanol–water partition coefficient (Wildman–Crippen LogP) is 0.511. The van der Waals surface area contributed by atoms with E-state index in [9.17, 15) is 18.9 Å². The summed E-state index contributed by atoms with van der Waals surface area (Å²) in [5.41, 5.74) is 0.796. The lowest BCUT2D eigenvalue weighted by Crippen LogP contribution is -1.99. The van der Waals surface area contributed by atoms with Gasteiger partial charge in [-0.2, -0.15) is 0 Å². The summed E-state index contributed by atoms with van der Waals surface area (Å²) < 4.78 is 20.6. The molecule has 8 nitrogen and oxygen atoms in total. The van der Waals surface area contributed by atoms with Gasteiger partial charge in [0.15, 0.2) is 0 Å². The van der Waals surface area contributed by atoms with Gasteiger partial charge < -0.3 is 9.39 Å². The second-order valence-electron chi connectivity index (χ2n) is 2.38. The van der Waals surface area contributed by atoms with Crippen LogP contribution in [0.4, 0.5) is 0 Å². The van der Waals surface area contributed by atoms with E-state index in [0.717, 1.165) is 11.6 Å². The number of benzene rings is 1. The van der Waals surface area contributed by atoms with Crippen molar-refractivity contribution in [2.45, 2.75) is 6.61 Å². The van der Waals surface area contributed by atoms with Crippen molar-refractivity contribution in [3.63, 3.8) is 0 Å². The van der Waals surface area contributed by atoms with Crippen molar-refractivity contribution in [1.29, 1.82) is 0 Å². The molecule has 1 aromatic rings. The maximum atomic E-state index is 9.76. The minimum Gasteiger partial charge on any atom is -0.753 e. The molecule has 17 heavy (non-hydrogen) atoms. The molecule has 0 aliphatic rings. The Kier molecular flexibility index (Phi) is 8.03. The number of rotatable bonds is 4. The lowest BCUT2D eigenvalue weighted by atomic mass is 10.2. The minimum absolute atomic E-state index is 0.0217. The summed E-state index contributed by atoms with van der Waals surface area (Å²) in [5.74, 6) is 0. The van der Waals surface area contributed by atoms with Crippen LogP contribution in [0, 0.1) is 10.1 Å². The van der Waals surface area contributed by atoms with Crippen LogP contribution in [-0.2, 0) is 27.5 Å². The maximum absolute atomic E-state index is 9.76. The Morgan fingerprint density at radius 2 is 2.00 bits per heavy atom. The van der Waals surface area contributed by atoms with Crippen molar-refractivity contribution in [3.8, 4) is 0 Å². The van der Waals surface area contributed by atoms with Crippen molar-refractivity contribution >= 4 is 17.3 Å². The molecule has 0 aliphatic carbocycles. The maximum Gasteiger partial charge on any atom is 0.294 e. The Bertz CT molecular complexity index is 417. The fourth-order valence-electron chi connectivity index (χ4n) is 0.732. The van der Waals surface area contributed by atoms with Gasteiger partial charge in [0.25, 0.3) is 5.09 Å². The summed E-state index contributed by atoms with van der Waals surface area (Å²) in [6.07, 6.45) is 0.829. The van der Waals surface area contributed by atoms with Crippen molar-refractivity contribution in [3.05, 3.63) is 46.0 Å². The zero-order valence-corrected chi connectivity index (χ0v) is 9.16. The summed E-state index contributed by atoms with van der Waals surface area (Å²) in [5, 5.41) is 8.96. The fourth-order valence-corrected chi connectivity index (χ4v) is 0.793. The van der Waals surface area contributed by atoms with Gasteiger partial charge in [0.05, 0.1) is 11.3 Å². The average molecular weight is 259 g/mol. The zero-order valence-electron chi connectivity index (χ0n) is 8.35. The normalized spacial score (nSPS) is 10.2. The van der Waals surface area contributed by atoms with E-state index in [0.29, 0.717) is 0 Å². The Morgan fingerprint density at radius 1 is 1.41 bits per heavy atom. The highest BCUT2D eigenvalue weighted by Gasteiger charge is 1.94. The number of hydrogen-bond acceptors (Lipinski definition) is 6. The molecule has 0 aromatic heterocycles. The Balaban J connectivity index is 0.000000366. The third-order valence-corrected chi connectivity index (χ3v) is 1.51. The Labute approximate surface area is 98.5 Å². The Hall–Kier alpha value is -2.09. The molecule has 0 N–H and O–H groups in total. The van der Waals surface area contributed by atoms with Crippen molar-refractivity contribution in [1.82, 2.24) is 0 Å². The first-order valence-electron chi connectivity index (χ1n) is 4.04. The van der Waals surface area contributed by atoms with Crippen LogP contribution in [0.1, 0.15) is 5.56 Å². The van der Waals surface area contributed by atoms with Crippen LogP contribution < -0.4 is 0 Å². The average Bonchev–Trinajstić information content (AvgIpc) is 2.28. The first-order valence-corrected chi connectivity index (χ1v) is 5.08. The summed E-state index contributed by atoms with van der Waals surface area (Å²) in [6, 6.07) is 8.99. The van der Waals surface area contributed by atoms with E-state index < -0.39 is 16.4 Å². The quantitative estimate of drug-likeness (QED) is 0.255. The van der Waals surface area contributed by atoms with Crippen LogP contribution in [0.15, 0.2) is 34.7 Å². The summed E-state index contributed by atoms with van der Waals surface area (Å²) in [4.78, 5) is 22.8. The number of nitrogens with zero attached hydrogens (tertiary/aromatic N) is 2. The molecule has 0 bridgehead atoms. The largest absolute Gasteiger partial charge is 0.753 e. The standard InChI is InChI=1S/C7H7NO3.CHNO3S/c9-8(10)11-6-7-4-2-1-3-5-7;3-1-2-6(4)5/h1-5H,6H2;(H,4,5)/p-1. The number of hydrogen-bond donors (Lipinski definition) is 0. The van der Waals surface area contributed by atoms with Crippen LogP contribution in [0.25, 0.3) is 0 Å². The van der Waals surface area contributed by atoms with E-state index in [1.807, 2.05) is 6.07 Å². The highest BCUT2D eigenvalue weighted by atomic mass is 32.2. The van der Waals surface area contributed by atoms with Crippen LogP contribution >= 0.6 is 0 Å². The predicted molar refractivity (Wildman–Crippen MR) is 55.3 cm³/mol. The molecule has 1 atom stereocenters. The lowest BCUT2D eigenvalue weighted by Gasteiger charge is -1.96. The van der Waals surface area contributed by atoms with Crippen LogP contribution in [0.5, 0.6) is 0 Å². The van der Waals surface area contributed by atoms with Crippen molar-refractivity contribution in [2.75, 3.05) is 0 Å². The van der Waals surface area contributed by atoms with Gasteiger partial charge in [-0.15, -0.1) is 14.5 Å². The van der Waals surface area contributed by atoms with Gasteiger partial charge in [-0.05, 0) is 5.56 Å². The van der Waals surface area contributed by atoms with Gasteiger partial charge >= 0.3 is 0 Å². The molecule has 1 unspecified atom stereocenters. The smallest absolute Gasteiger partial charge is 0.294 e. The van der Waals surface area contributed by atoms with E-state index in [-0.39, 0.29) is 6.61 Å². The van der Waals surface area contributed by atoms with Gasteiger partial charge in [-0.3, -0.25) is 0 Å². The molecule has 1 aromatic carbocycles. The SMILES string of the molecule is O=C=NS(=O)[O-].O=[N+]([O-])OCc1ccccc1. The van der Waals surface area contributed by atoms with Crippen LogP contribution in [0.2, 0.25) is 0 Å². The second-order valence-corrected chi connectivity index (χ2v) is 3.00. The molecule has 9 heteroatoms. The topological polar surface area (TPSA) is 122 Å². The molecule has 0 aliphatic heterocycles. The Morgan fingerprint density at radius 3 is 2.35 bits per heavy atom. The molecule has 0 radical (unpaired) electrons. The molecule has 0 saturated carbocycles. The van der Waals surface area contributed by atoms with Crippen molar-refractivity contribution in [2.24, 2.45) is 4.40 Å². The molecule has 0 amide bonds. The second kappa shape index (κ2) is 9.16. The van der Waals surface area contributed by atoms with Gasteiger partial charge in [0.1, 0.15) is 6.61 Å². The monoisotopic (exact) mass is 259 g/mol. The number of carbonyl (C=O) groups excluding carboxylic acids is 1. The molecule has 0 spiro atoms. The van der Waals surface area contributed by atoms with E-state index in [4.69, 9.17) is 4.79 Å². The molecule has 0 fully saturated rings. The van der Waals surface area contributed by atoms with E-state index in [2.05, 4.69) is 9.24 Å². The van der Waals surface area contributed by atoms with Gasteiger partial charge in [0, 0.05) is 0 Å². The molecule has 0 saturated heterocycles. The summed E-state index contributed by atoms with van der Waals surface area (Å²) in [7, 11) is 0. The summed E-state index contributed by atoms with van der Waals surface area (Å²) in [6.45, 7) is 0.0217. The molecule has 0 heterocycles. The third kappa shape index (κ3) is 10.2. The zero-order chi connectivity index (χ0) is 13.1. The molecular formula is C8H7N2O6S-. The third-order valence-electron chi connectivity index (χ3n) is 1.29. The highest BCUT2D eigenvalue weighted by molar-refractivity contribution is 7.77. The van der Waals surface area contributed by atoms with E-state index >= 15 is 0 Å². The first-order chi connectivity index (χ1) is 8.06. The molecular weight excluding hydrogens is 252 g/mol. The van der Waals surface area contributed by atoms with Gasteiger partial charge in [0.2, 0.25) is 6.08 Å². The fraction of sp³-hybridized carbons (Fsp3) is 0.125. The van der Waals surface area contributed by atoms with Gasteiger partial charge in [-0.25, -0.2) is 9.00 Å². The first kappa shape index (κ1) is 14.9. The van der Waals surface area contributed by atoms with E-state index in [1.54, 1.807) is 24.3 Å². The van der Waals surface area contributed by atoms with E-state index in [1.165, 1.54) is 0 Å². The van der Waals surface area contributed by atoms with Crippen LogP contribution in [-0.4, -0.2) is 19.9 Å². The van der Waals surface area contributed by atoms with Gasteiger partial charge in [-0.1, -0.05) is 30.3 Å². The molecule has 92 valence electrons. The lowest BCUT2D eigenvalue weighted by molar-refractivity contribution is -0.763. The van der Waals surface area contributed by atoms with Crippen molar-refractivity contribution < 1.29 is 23.5 Å². The highest BCUT2D eigenvalue weighted by Crippen LogP contribution is 1.99. The van der Waals surface area contributed by atoms with Crippen LogP contribution in [0.3, 0.4) is 0 Å².